The van der Waals surface area contributed by atoms with E-state index < -0.39 is 10.9 Å². The Morgan fingerprint density at radius 2 is 1.68 bits per heavy atom. The number of carbonyl (C=O) groups is 1. The fourth-order valence-corrected chi connectivity index (χ4v) is 4.00. The minimum absolute atomic E-state index is 0.0128. The lowest BCUT2D eigenvalue weighted by Crippen LogP contribution is -1.98. The van der Waals surface area contributed by atoms with Crippen molar-refractivity contribution in [3.8, 4) is 28.6 Å². The van der Waals surface area contributed by atoms with Gasteiger partial charge in [0.15, 0.2) is 5.82 Å². The maximum absolute atomic E-state index is 11.9. The van der Waals surface area contributed by atoms with E-state index >= 15 is 0 Å². The highest BCUT2D eigenvalue weighted by Gasteiger charge is 2.15. The molecule has 1 aromatic heterocycles. The molecule has 0 saturated heterocycles. The van der Waals surface area contributed by atoms with Gasteiger partial charge in [-0.15, -0.1) is 5.10 Å². The molecular weight excluding hydrogens is 512 g/mol. The van der Waals surface area contributed by atoms with Crippen molar-refractivity contribution in [3.05, 3.63) is 92.9 Å². The zero-order valence-electron chi connectivity index (χ0n) is 20.3. The molecule has 0 spiro atoms. The van der Waals surface area contributed by atoms with E-state index in [0.29, 0.717) is 34.2 Å². The van der Waals surface area contributed by atoms with Crippen molar-refractivity contribution in [1.29, 1.82) is 0 Å². The first-order valence-corrected chi connectivity index (χ1v) is 11.9. The first-order valence-electron chi connectivity index (χ1n) is 11.1. The summed E-state index contributed by atoms with van der Waals surface area (Å²) in [5.74, 6) is 1.04. The summed E-state index contributed by atoms with van der Waals surface area (Å²) in [4.78, 5) is 26.6. The second-order valence-electron chi connectivity index (χ2n) is 7.77. The summed E-state index contributed by atoms with van der Waals surface area (Å²) in [5.41, 5.74) is 2.11. The fraction of sp³-hybridized carbons (Fsp3) is 0.115. The van der Waals surface area contributed by atoms with Gasteiger partial charge in [-0.25, -0.2) is 9.78 Å². The number of thioether (sulfide) groups is 1. The molecule has 11 nitrogen and oxygen atoms in total. The van der Waals surface area contributed by atoms with Gasteiger partial charge in [0.2, 0.25) is 5.16 Å². The molecule has 3 aromatic carbocycles. The minimum Gasteiger partial charge on any atom is -0.497 e. The van der Waals surface area contributed by atoms with Gasteiger partial charge in [-0.1, -0.05) is 12.1 Å². The van der Waals surface area contributed by atoms with Gasteiger partial charge < -0.3 is 19.3 Å². The van der Waals surface area contributed by atoms with Crippen LogP contribution in [0.15, 0.2) is 76.8 Å². The Hall–Kier alpha value is -4.84. The third-order valence-electron chi connectivity index (χ3n) is 5.23. The van der Waals surface area contributed by atoms with Gasteiger partial charge in [0, 0.05) is 23.8 Å². The molecule has 0 aliphatic carbocycles. The van der Waals surface area contributed by atoms with Crippen molar-refractivity contribution in [3.63, 3.8) is 0 Å². The van der Waals surface area contributed by atoms with Crippen LogP contribution in [0.4, 0.5) is 5.69 Å². The highest BCUT2D eigenvalue weighted by Crippen LogP contribution is 2.31. The molecule has 1 heterocycles. The average molecular weight is 535 g/mol. The number of H-pyrrole nitrogens is 1. The number of nitro groups is 1. The number of nitrogens with one attached hydrogen (secondary N) is 1. The van der Waals surface area contributed by atoms with Crippen LogP contribution < -0.4 is 14.2 Å². The second-order valence-corrected chi connectivity index (χ2v) is 8.77. The van der Waals surface area contributed by atoms with Gasteiger partial charge in [0.25, 0.3) is 5.69 Å². The van der Waals surface area contributed by atoms with Crippen LogP contribution in [-0.4, -0.2) is 45.4 Å². The van der Waals surface area contributed by atoms with Crippen molar-refractivity contribution in [2.75, 3.05) is 14.2 Å². The maximum atomic E-state index is 11.9. The Bertz CT molecular complexity index is 1450. The smallest absolute Gasteiger partial charge is 0.342 e. The molecule has 0 saturated carbocycles. The topological polar surface area (TPSA) is 150 Å². The number of nitrogens with zero attached hydrogens (tertiary/aromatic N) is 3. The molecule has 2 N–H and O–H groups in total. The highest BCUT2D eigenvalue weighted by atomic mass is 32.2. The summed E-state index contributed by atoms with van der Waals surface area (Å²) in [5, 5.41) is 27.7. The summed E-state index contributed by atoms with van der Waals surface area (Å²) in [7, 11) is 3.09. The highest BCUT2D eigenvalue weighted by molar-refractivity contribution is 8.04. The number of aliphatic carboxylic acids is 1. The number of hydrogen-bond donors (Lipinski definition) is 2. The summed E-state index contributed by atoms with van der Waals surface area (Å²) in [6, 6.07) is 18.2. The van der Waals surface area contributed by atoms with Crippen LogP contribution in [0.25, 0.3) is 17.5 Å². The second kappa shape index (κ2) is 11.9. The zero-order valence-corrected chi connectivity index (χ0v) is 21.1. The summed E-state index contributed by atoms with van der Waals surface area (Å²) < 4.78 is 16.3. The Balaban J connectivity index is 1.43. The number of aromatic amines is 1. The molecule has 4 aromatic rings. The number of nitro benzene ring substituents is 1. The van der Waals surface area contributed by atoms with E-state index in [4.69, 9.17) is 14.2 Å². The van der Waals surface area contributed by atoms with Crippen molar-refractivity contribution in [2.45, 2.75) is 11.8 Å². The molecule has 0 radical (unpaired) electrons. The largest absolute Gasteiger partial charge is 0.497 e. The Morgan fingerprint density at radius 1 is 1.03 bits per heavy atom. The number of methoxy groups -OCH3 is 2. The number of carboxylic acid groups (broad SMARTS) is 1. The molecule has 38 heavy (non-hydrogen) atoms. The van der Waals surface area contributed by atoms with Crippen LogP contribution in [0.1, 0.15) is 11.1 Å². The van der Waals surface area contributed by atoms with Crippen LogP contribution in [0.2, 0.25) is 0 Å². The van der Waals surface area contributed by atoms with Gasteiger partial charge in [-0.05, 0) is 65.4 Å². The van der Waals surface area contributed by atoms with E-state index in [1.807, 2.05) is 0 Å². The number of carboxylic acids is 1. The Morgan fingerprint density at radius 3 is 2.26 bits per heavy atom. The number of hydrogen-bond acceptors (Lipinski definition) is 9. The molecule has 0 amide bonds. The Kier molecular flexibility index (Phi) is 8.23. The molecule has 0 fully saturated rings. The summed E-state index contributed by atoms with van der Waals surface area (Å²) >= 11 is 0.908. The predicted molar refractivity (Wildman–Crippen MR) is 140 cm³/mol. The van der Waals surface area contributed by atoms with Crippen LogP contribution in [-0.2, 0) is 11.4 Å². The normalized spacial score (nSPS) is 11.2. The van der Waals surface area contributed by atoms with E-state index in [-0.39, 0.29) is 22.4 Å². The lowest BCUT2D eigenvalue weighted by Gasteiger charge is -2.07. The third-order valence-corrected chi connectivity index (χ3v) is 6.11. The van der Waals surface area contributed by atoms with Gasteiger partial charge >= 0.3 is 5.97 Å². The standard InChI is InChI=1S/C26H22N4O7S/c1-35-21-12-18(13-22(14-21)36-2)24-27-26(29-28-24)38-23(25(31)32)11-16-5-9-20(10-6-16)37-15-17-3-7-19(8-4-17)30(33)34/h3-14H,15H2,1-2H3,(H,31,32)(H,27,28,29)/b23-11-. The zero-order chi connectivity index (χ0) is 27.1. The molecule has 4 rings (SSSR count). The van der Waals surface area contributed by atoms with Crippen LogP contribution in [0, 0.1) is 10.1 Å². The number of rotatable bonds is 11. The van der Waals surface area contributed by atoms with Gasteiger partial charge in [0.05, 0.1) is 19.1 Å². The van der Waals surface area contributed by atoms with Crippen molar-refractivity contribution < 1.29 is 29.0 Å². The SMILES string of the molecule is COc1cc(OC)cc(-c2nc(S/C(=C\c3ccc(OCc4ccc([N+](=O)[O-])cc4)cc3)C(=O)O)n[nH]2)c1. The van der Waals surface area contributed by atoms with E-state index in [9.17, 15) is 20.0 Å². The van der Waals surface area contributed by atoms with E-state index in [2.05, 4.69) is 15.2 Å². The predicted octanol–water partition coefficient (Wildman–Crippen LogP) is 5.19. The summed E-state index contributed by atoms with van der Waals surface area (Å²) in [6.45, 7) is 0.232. The molecule has 0 unspecified atom stereocenters. The molecule has 0 aliphatic heterocycles. The number of ether oxygens (including phenoxy) is 3. The fourth-order valence-electron chi connectivity index (χ4n) is 3.29. The van der Waals surface area contributed by atoms with E-state index in [1.54, 1.807) is 68.8 Å². The lowest BCUT2D eigenvalue weighted by molar-refractivity contribution is -0.384. The first kappa shape index (κ1) is 26.2. The van der Waals surface area contributed by atoms with Crippen molar-refractivity contribution >= 4 is 29.5 Å². The van der Waals surface area contributed by atoms with Crippen LogP contribution >= 0.6 is 11.8 Å². The van der Waals surface area contributed by atoms with E-state index in [1.165, 1.54) is 18.2 Å². The maximum Gasteiger partial charge on any atom is 0.342 e. The van der Waals surface area contributed by atoms with Crippen LogP contribution in [0.3, 0.4) is 0 Å². The number of aromatic nitrogens is 3. The average Bonchev–Trinajstić information content (AvgIpc) is 3.40. The lowest BCUT2D eigenvalue weighted by atomic mass is 10.2. The Labute approximate surface area is 221 Å². The van der Waals surface area contributed by atoms with Crippen LogP contribution in [0.5, 0.6) is 17.2 Å². The minimum atomic E-state index is -1.12. The monoisotopic (exact) mass is 534 g/mol. The van der Waals surface area contributed by atoms with Gasteiger partial charge in [0.1, 0.15) is 28.8 Å². The van der Waals surface area contributed by atoms with Crippen molar-refractivity contribution in [2.24, 2.45) is 0 Å². The molecule has 194 valence electrons. The third kappa shape index (κ3) is 6.68. The number of non-ortho nitro benzene ring substituents is 1. The molecule has 0 atom stereocenters. The first-order chi connectivity index (χ1) is 18.3. The molecule has 0 bridgehead atoms. The summed E-state index contributed by atoms with van der Waals surface area (Å²) in [6.07, 6.45) is 1.51. The van der Waals surface area contributed by atoms with Gasteiger partial charge in [-0.3, -0.25) is 15.2 Å². The van der Waals surface area contributed by atoms with Crippen molar-refractivity contribution in [1.82, 2.24) is 15.2 Å². The quantitative estimate of drug-likeness (QED) is 0.114. The molecular formula is C26H22N4O7S. The van der Waals surface area contributed by atoms with E-state index in [0.717, 1.165) is 17.3 Å². The molecule has 0 aliphatic rings. The molecule has 12 heteroatoms. The van der Waals surface area contributed by atoms with Gasteiger partial charge in [-0.2, -0.15) is 0 Å². The number of benzene rings is 3.